The second kappa shape index (κ2) is 10.7. The second-order valence-electron chi connectivity index (χ2n) is 5.64. The predicted molar refractivity (Wildman–Crippen MR) is 102 cm³/mol. The summed E-state index contributed by atoms with van der Waals surface area (Å²) < 4.78 is 16.7. The third kappa shape index (κ3) is 6.24. The maximum absolute atomic E-state index is 12.1. The number of rotatable bonds is 10. The van der Waals surface area contributed by atoms with E-state index in [1.807, 2.05) is 19.1 Å². The largest absolute Gasteiger partial charge is 0.494 e. The van der Waals surface area contributed by atoms with Gasteiger partial charge in [-0.25, -0.2) is 0 Å². The van der Waals surface area contributed by atoms with Crippen LogP contribution >= 0.6 is 11.6 Å². The van der Waals surface area contributed by atoms with Crippen LogP contribution in [0.3, 0.4) is 0 Å². The number of aliphatic hydroxyl groups is 1. The van der Waals surface area contributed by atoms with Gasteiger partial charge in [0.15, 0.2) is 5.76 Å². The van der Waals surface area contributed by atoms with Gasteiger partial charge in [0, 0.05) is 11.1 Å². The summed E-state index contributed by atoms with van der Waals surface area (Å²) in [5.41, 5.74) is -0.294. The highest BCUT2D eigenvalue weighted by molar-refractivity contribution is 6.30. The van der Waals surface area contributed by atoms with Crippen molar-refractivity contribution in [2.45, 2.75) is 32.8 Å². The normalized spacial score (nSPS) is 11.0. The molecule has 1 aromatic carbocycles. The molecule has 5 nitrogen and oxygen atoms in total. The zero-order valence-corrected chi connectivity index (χ0v) is 15.5. The van der Waals surface area contributed by atoms with Crippen LogP contribution in [0.25, 0.3) is 6.08 Å². The molecule has 0 amide bonds. The van der Waals surface area contributed by atoms with E-state index in [0.717, 1.165) is 25.0 Å². The molecule has 0 aliphatic rings. The van der Waals surface area contributed by atoms with Gasteiger partial charge in [-0.15, -0.1) is 0 Å². The molecule has 0 unspecified atom stereocenters. The van der Waals surface area contributed by atoms with E-state index in [9.17, 15) is 4.79 Å². The van der Waals surface area contributed by atoms with Crippen molar-refractivity contribution < 1.29 is 19.0 Å². The number of unbranched alkanes of at least 4 members (excludes halogenated alkanes) is 2. The van der Waals surface area contributed by atoms with Gasteiger partial charge in [-0.3, -0.25) is 4.79 Å². The van der Waals surface area contributed by atoms with Gasteiger partial charge in [-0.1, -0.05) is 23.7 Å². The molecule has 0 aliphatic heterocycles. The third-order valence-corrected chi connectivity index (χ3v) is 3.79. The molecule has 2 rings (SSSR count). The van der Waals surface area contributed by atoms with Gasteiger partial charge in [-0.05, 0) is 50.5 Å². The van der Waals surface area contributed by atoms with Crippen molar-refractivity contribution in [3.8, 4) is 11.5 Å². The van der Waals surface area contributed by atoms with Gasteiger partial charge in [0.1, 0.15) is 18.1 Å². The zero-order chi connectivity index (χ0) is 18.8. The fraction of sp³-hybridized carbons (Fsp3) is 0.350. The standard InChI is InChI=1S/C20H23ClO5/c1-2-7-19-20(18(23)13-17(14-22)26-19)25-11-5-3-4-10-24-16-9-6-8-15(21)12-16/h2,6-9,12-13,22H,3-5,10-11,14H2,1H3. The topological polar surface area (TPSA) is 68.9 Å². The first-order valence-electron chi connectivity index (χ1n) is 8.55. The smallest absolute Gasteiger partial charge is 0.227 e. The van der Waals surface area contributed by atoms with Crippen LogP contribution < -0.4 is 14.9 Å². The lowest BCUT2D eigenvalue weighted by atomic mass is 10.2. The lowest BCUT2D eigenvalue weighted by molar-refractivity contribution is 0.234. The van der Waals surface area contributed by atoms with Crippen LogP contribution in [0.15, 0.2) is 45.6 Å². The third-order valence-electron chi connectivity index (χ3n) is 3.55. The lowest BCUT2D eigenvalue weighted by Crippen LogP contribution is -2.11. The Hall–Kier alpha value is -2.24. The second-order valence-corrected chi connectivity index (χ2v) is 6.08. The molecule has 0 saturated carbocycles. The molecule has 1 N–H and O–H groups in total. The number of hydrogen-bond donors (Lipinski definition) is 1. The van der Waals surface area contributed by atoms with Gasteiger partial charge in [0.05, 0.1) is 13.2 Å². The highest BCUT2D eigenvalue weighted by Gasteiger charge is 2.11. The minimum Gasteiger partial charge on any atom is -0.494 e. The fourth-order valence-electron chi connectivity index (χ4n) is 2.33. The molecule has 0 spiro atoms. The van der Waals surface area contributed by atoms with E-state index < -0.39 is 0 Å². The van der Waals surface area contributed by atoms with E-state index in [2.05, 4.69) is 0 Å². The number of benzene rings is 1. The summed E-state index contributed by atoms with van der Waals surface area (Å²) in [7, 11) is 0. The van der Waals surface area contributed by atoms with Gasteiger partial charge in [0.25, 0.3) is 0 Å². The Labute approximate surface area is 157 Å². The molecule has 0 fully saturated rings. The van der Waals surface area contributed by atoms with Gasteiger partial charge in [-0.2, -0.15) is 0 Å². The Kier molecular flexibility index (Phi) is 8.25. The van der Waals surface area contributed by atoms with Crippen molar-refractivity contribution in [3.05, 3.63) is 63.2 Å². The summed E-state index contributed by atoms with van der Waals surface area (Å²) in [4.78, 5) is 12.1. The molecule has 0 radical (unpaired) electrons. The van der Waals surface area contributed by atoms with Crippen molar-refractivity contribution in [2.75, 3.05) is 13.2 Å². The number of aliphatic hydroxyl groups excluding tert-OH is 1. The highest BCUT2D eigenvalue weighted by atomic mass is 35.5. The zero-order valence-electron chi connectivity index (χ0n) is 14.7. The Morgan fingerprint density at radius 1 is 1.15 bits per heavy atom. The molecule has 140 valence electrons. The van der Waals surface area contributed by atoms with Gasteiger partial charge >= 0.3 is 0 Å². The minimum atomic E-state index is -0.327. The molecule has 26 heavy (non-hydrogen) atoms. The molecule has 0 bridgehead atoms. The first kappa shape index (κ1) is 20.1. The Morgan fingerprint density at radius 2 is 1.92 bits per heavy atom. The summed E-state index contributed by atoms with van der Waals surface area (Å²) in [5, 5.41) is 9.77. The first-order valence-corrected chi connectivity index (χ1v) is 8.93. The van der Waals surface area contributed by atoms with Crippen LogP contribution in [0.4, 0.5) is 0 Å². The Morgan fingerprint density at radius 3 is 2.62 bits per heavy atom. The van der Waals surface area contributed by atoms with Crippen LogP contribution in [-0.4, -0.2) is 18.3 Å². The molecule has 6 heteroatoms. The summed E-state index contributed by atoms with van der Waals surface area (Å²) in [5.74, 6) is 1.48. The monoisotopic (exact) mass is 378 g/mol. The summed E-state index contributed by atoms with van der Waals surface area (Å²) >= 11 is 5.90. The summed E-state index contributed by atoms with van der Waals surface area (Å²) in [6.45, 7) is 2.49. The van der Waals surface area contributed by atoms with Crippen molar-refractivity contribution in [3.63, 3.8) is 0 Å². The first-order chi connectivity index (χ1) is 12.6. The van der Waals surface area contributed by atoms with Crippen LogP contribution in [0.5, 0.6) is 11.5 Å². The average Bonchev–Trinajstić information content (AvgIpc) is 2.62. The van der Waals surface area contributed by atoms with Gasteiger partial charge < -0.3 is 19.0 Å². The van der Waals surface area contributed by atoms with E-state index in [1.165, 1.54) is 6.07 Å². The average molecular weight is 379 g/mol. The molecule has 1 aromatic heterocycles. The fourth-order valence-corrected chi connectivity index (χ4v) is 2.51. The number of ether oxygens (including phenoxy) is 2. The van der Waals surface area contributed by atoms with E-state index in [1.54, 1.807) is 24.3 Å². The van der Waals surface area contributed by atoms with Crippen LogP contribution in [0, 0.1) is 0 Å². The van der Waals surface area contributed by atoms with E-state index in [0.29, 0.717) is 24.0 Å². The minimum absolute atomic E-state index is 0.176. The van der Waals surface area contributed by atoms with Crippen LogP contribution in [0.2, 0.25) is 5.02 Å². The number of halogens is 1. The Balaban J connectivity index is 1.75. The molecule has 0 saturated heterocycles. The number of allylic oxidation sites excluding steroid dienone is 1. The van der Waals surface area contributed by atoms with Gasteiger partial charge in [0.2, 0.25) is 11.2 Å². The van der Waals surface area contributed by atoms with Crippen molar-refractivity contribution in [1.82, 2.24) is 0 Å². The van der Waals surface area contributed by atoms with E-state index >= 15 is 0 Å². The maximum atomic E-state index is 12.1. The van der Waals surface area contributed by atoms with Crippen LogP contribution in [-0.2, 0) is 6.61 Å². The quantitative estimate of drug-likeness (QED) is 0.618. The lowest BCUT2D eigenvalue weighted by Gasteiger charge is -2.09. The van der Waals surface area contributed by atoms with E-state index in [-0.39, 0.29) is 23.5 Å². The highest BCUT2D eigenvalue weighted by Crippen LogP contribution is 2.19. The summed E-state index contributed by atoms with van der Waals surface area (Å²) in [6.07, 6.45) is 5.96. The van der Waals surface area contributed by atoms with Crippen molar-refractivity contribution >= 4 is 17.7 Å². The van der Waals surface area contributed by atoms with Crippen LogP contribution in [0.1, 0.15) is 37.7 Å². The van der Waals surface area contributed by atoms with E-state index in [4.69, 9.17) is 30.6 Å². The maximum Gasteiger partial charge on any atom is 0.227 e. The molecule has 0 atom stereocenters. The summed E-state index contributed by atoms with van der Waals surface area (Å²) in [6, 6.07) is 8.55. The molecule has 1 heterocycles. The van der Waals surface area contributed by atoms with Crippen molar-refractivity contribution in [1.29, 1.82) is 0 Å². The molecular weight excluding hydrogens is 356 g/mol. The SMILES string of the molecule is CC=Cc1oc(CO)cc(=O)c1OCCCCCOc1cccc(Cl)c1. The predicted octanol–water partition coefficient (Wildman–Crippen LogP) is 4.45. The molecular formula is C20H23ClO5. The number of hydrogen-bond acceptors (Lipinski definition) is 5. The molecule has 0 aliphatic carbocycles. The molecule has 2 aromatic rings. The Bertz CT molecular complexity index is 782. The van der Waals surface area contributed by atoms with Crippen molar-refractivity contribution in [2.24, 2.45) is 0 Å².